The predicted molar refractivity (Wildman–Crippen MR) is 54.7 cm³/mol. The molecule has 0 aliphatic rings. The summed E-state index contributed by atoms with van der Waals surface area (Å²) in [7, 11) is 0. The van der Waals surface area contributed by atoms with Crippen molar-refractivity contribution >= 4 is 0 Å². The Bertz CT molecular complexity index is 64.2. The molecule has 2 heteroatoms. The minimum Gasteiger partial charge on any atom is -0.318 e. The molecule has 0 rings (SSSR count). The van der Waals surface area contributed by atoms with Crippen LogP contribution in [0.5, 0.6) is 0 Å². The highest BCUT2D eigenvalue weighted by atomic mass is 14.9. The molecule has 0 saturated carbocycles. The van der Waals surface area contributed by atoms with Crippen molar-refractivity contribution in [3.8, 4) is 0 Å². The van der Waals surface area contributed by atoms with Crippen molar-refractivity contribution in [2.75, 3.05) is 13.2 Å². The van der Waals surface area contributed by atoms with Gasteiger partial charge in [-0.15, -0.1) is 0 Å². The Labute approximate surface area is 76.9 Å². The summed E-state index contributed by atoms with van der Waals surface area (Å²) in [5.41, 5.74) is 5.29. The molecule has 12 heavy (non-hydrogen) atoms. The molecule has 0 aromatic carbocycles. The van der Waals surface area contributed by atoms with E-state index in [1.54, 1.807) is 0 Å². The fraction of sp³-hybridized carbons (Fsp3) is 0.900. The van der Waals surface area contributed by atoms with Crippen LogP contribution in [0.25, 0.3) is 0 Å². The highest BCUT2D eigenvalue weighted by molar-refractivity contribution is 4.48. The molecule has 0 fully saturated rings. The van der Waals surface area contributed by atoms with Gasteiger partial charge in [-0.3, -0.25) is 0 Å². The number of hydrogen-bond acceptors (Lipinski definition) is 2. The summed E-state index contributed by atoms with van der Waals surface area (Å²) in [6.45, 7) is 5.51. The topological polar surface area (TPSA) is 38.0 Å². The van der Waals surface area contributed by atoms with Crippen LogP contribution in [0.2, 0.25) is 0 Å². The maximum Gasteiger partial charge on any atom is 0.0428 e. The molecule has 0 amide bonds. The van der Waals surface area contributed by atoms with Crippen LogP contribution in [-0.4, -0.2) is 13.2 Å². The standard InChI is InChI=1S/C10H23N2/c1-2-3-4-5-6-7-8-9-12-10-11/h12H,1-11H2. The third kappa shape index (κ3) is 9.92. The molecular formula is C10H23N2. The van der Waals surface area contributed by atoms with Gasteiger partial charge in [-0.25, -0.2) is 0 Å². The van der Waals surface area contributed by atoms with Gasteiger partial charge in [-0.2, -0.15) is 0 Å². The lowest BCUT2D eigenvalue weighted by atomic mass is 10.1. The second-order valence-corrected chi connectivity index (χ2v) is 3.18. The summed E-state index contributed by atoms with van der Waals surface area (Å²) in [5.74, 6) is 0. The van der Waals surface area contributed by atoms with Crippen LogP contribution < -0.4 is 11.1 Å². The zero-order valence-electron chi connectivity index (χ0n) is 8.15. The van der Waals surface area contributed by atoms with Gasteiger partial charge in [0.1, 0.15) is 0 Å². The lowest BCUT2D eigenvalue weighted by molar-refractivity contribution is 0.570. The van der Waals surface area contributed by atoms with Crippen LogP contribution in [0.15, 0.2) is 0 Å². The van der Waals surface area contributed by atoms with E-state index >= 15 is 0 Å². The van der Waals surface area contributed by atoms with E-state index in [0.29, 0.717) is 6.67 Å². The maximum absolute atomic E-state index is 5.29. The molecule has 2 nitrogen and oxygen atoms in total. The molecule has 0 spiro atoms. The molecule has 0 aromatic heterocycles. The minimum absolute atomic E-state index is 0.613. The van der Waals surface area contributed by atoms with Gasteiger partial charge in [-0.1, -0.05) is 45.4 Å². The second kappa shape index (κ2) is 10.9. The van der Waals surface area contributed by atoms with Crippen molar-refractivity contribution in [2.24, 2.45) is 5.73 Å². The quantitative estimate of drug-likeness (QED) is 0.411. The zero-order valence-corrected chi connectivity index (χ0v) is 8.15. The molecule has 3 N–H and O–H groups in total. The molecule has 0 saturated heterocycles. The number of hydrogen-bond donors (Lipinski definition) is 2. The monoisotopic (exact) mass is 171 g/mol. The first-order chi connectivity index (χ1) is 5.91. The third-order valence-electron chi connectivity index (χ3n) is 2.00. The van der Waals surface area contributed by atoms with Gasteiger partial charge in [0.05, 0.1) is 0 Å². The predicted octanol–water partition coefficient (Wildman–Crippen LogP) is 2.06. The van der Waals surface area contributed by atoms with Crippen LogP contribution in [0.1, 0.15) is 44.9 Å². The van der Waals surface area contributed by atoms with Gasteiger partial charge < -0.3 is 11.1 Å². The number of rotatable bonds is 9. The van der Waals surface area contributed by atoms with Gasteiger partial charge in [0.15, 0.2) is 0 Å². The molecule has 0 aliphatic heterocycles. The molecule has 1 radical (unpaired) electrons. The zero-order chi connectivity index (χ0) is 9.07. The first-order valence-corrected chi connectivity index (χ1v) is 5.12. The maximum atomic E-state index is 5.29. The molecule has 73 valence electrons. The Hall–Kier alpha value is -0.0800. The van der Waals surface area contributed by atoms with Crippen LogP contribution in [0.4, 0.5) is 0 Å². The summed E-state index contributed by atoms with van der Waals surface area (Å²) in [6, 6.07) is 0. The first-order valence-electron chi connectivity index (χ1n) is 5.12. The van der Waals surface area contributed by atoms with E-state index in [0.717, 1.165) is 13.0 Å². The summed E-state index contributed by atoms with van der Waals surface area (Å²) in [5, 5.41) is 3.12. The number of unbranched alkanes of at least 4 members (excludes halogenated alkanes) is 6. The van der Waals surface area contributed by atoms with Crippen molar-refractivity contribution in [2.45, 2.75) is 44.9 Å². The second-order valence-electron chi connectivity index (χ2n) is 3.18. The molecule has 0 aromatic rings. The van der Waals surface area contributed by atoms with E-state index in [2.05, 4.69) is 12.2 Å². The summed E-state index contributed by atoms with van der Waals surface area (Å²) in [6.07, 6.45) is 9.08. The van der Waals surface area contributed by atoms with E-state index < -0.39 is 0 Å². The van der Waals surface area contributed by atoms with Gasteiger partial charge in [0, 0.05) is 6.67 Å². The lowest BCUT2D eigenvalue weighted by Gasteiger charge is -2.01. The summed E-state index contributed by atoms with van der Waals surface area (Å²) in [4.78, 5) is 0. The van der Waals surface area contributed by atoms with Crippen molar-refractivity contribution in [1.82, 2.24) is 5.32 Å². The third-order valence-corrected chi connectivity index (χ3v) is 2.00. The lowest BCUT2D eigenvalue weighted by Crippen LogP contribution is -2.23. The van der Waals surface area contributed by atoms with Gasteiger partial charge in [-0.05, 0) is 13.0 Å². The largest absolute Gasteiger partial charge is 0.318 e. The Morgan fingerprint density at radius 2 is 1.50 bits per heavy atom. The Kier molecular flexibility index (Phi) is 10.8. The van der Waals surface area contributed by atoms with Crippen molar-refractivity contribution in [3.05, 3.63) is 6.92 Å². The summed E-state index contributed by atoms with van der Waals surface area (Å²) < 4.78 is 0. The molecule has 0 heterocycles. The number of nitrogens with two attached hydrogens (primary N) is 1. The molecule has 0 atom stereocenters. The normalized spacial score (nSPS) is 10.5. The smallest absolute Gasteiger partial charge is 0.0428 e. The van der Waals surface area contributed by atoms with E-state index in [-0.39, 0.29) is 0 Å². The number of nitrogens with one attached hydrogen (secondary N) is 1. The molecule has 0 bridgehead atoms. The fourth-order valence-electron chi connectivity index (χ4n) is 1.24. The van der Waals surface area contributed by atoms with E-state index in [1.165, 1.54) is 38.5 Å². The Morgan fingerprint density at radius 3 is 2.08 bits per heavy atom. The van der Waals surface area contributed by atoms with Crippen LogP contribution in [0.3, 0.4) is 0 Å². The SMILES string of the molecule is [CH2]CCCCCCCCNCN. The van der Waals surface area contributed by atoms with Gasteiger partial charge in [0.2, 0.25) is 0 Å². The van der Waals surface area contributed by atoms with Crippen molar-refractivity contribution in [1.29, 1.82) is 0 Å². The van der Waals surface area contributed by atoms with Crippen molar-refractivity contribution in [3.63, 3.8) is 0 Å². The van der Waals surface area contributed by atoms with Gasteiger partial charge in [0.25, 0.3) is 0 Å². The van der Waals surface area contributed by atoms with Crippen LogP contribution in [0, 0.1) is 6.92 Å². The fourth-order valence-corrected chi connectivity index (χ4v) is 1.24. The van der Waals surface area contributed by atoms with E-state index in [4.69, 9.17) is 5.73 Å². The average molecular weight is 171 g/mol. The molecule has 0 aliphatic carbocycles. The highest BCUT2D eigenvalue weighted by Crippen LogP contribution is 2.05. The molecule has 0 unspecified atom stereocenters. The van der Waals surface area contributed by atoms with Crippen molar-refractivity contribution < 1.29 is 0 Å². The highest BCUT2D eigenvalue weighted by Gasteiger charge is 1.89. The van der Waals surface area contributed by atoms with E-state index in [1.807, 2.05) is 0 Å². The Balaban J connectivity index is 2.73. The average Bonchev–Trinajstić information content (AvgIpc) is 2.10. The Morgan fingerprint density at radius 1 is 0.917 bits per heavy atom. The van der Waals surface area contributed by atoms with Gasteiger partial charge >= 0.3 is 0 Å². The van der Waals surface area contributed by atoms with E-state index in [9.17, 15) is 0 Å². The minimum atomic E-state index is 0.613. The van der Waals surface area contributed by atoms with Crippen LogP contribution >= 0.6 is 0 Å². The summed E-state index contributed by atoms with van der Waals surface area (Å²) >= 11 is 0. The van der Waals surface area contributed by atoms with Crippen LogP contribution in [-0.2, 0) is 0 Å². The first kappa shape index (κ1) is 11.9. The molecular weight excluding hydrogens is 148 g/mol.